The predicted octanol–water partition coefficient (Wildman–Crippen LogP) is 3.94. The van der Waals surface area contributed by atoms with E-state index in [1.807, 2.05) is 56.0 Å². The van der Waals surface area contributed by atoms with E-state index in [0.717, 1.165) is 28.8 Å². The fourth-order valence-electron chi connectivity index (χ4n) is 4.85. The number of methoxy groups -OCH3 is 2. The molecule has 2 aromatic rings. The van der Waals surface area contributed by atoms with Crippen molar-refractivity contribution in [1.82, 2.24) is 10.2 Å². The Bertz CT molecular complexity index is 1080. The van der Waals surface area contributed by atoms with Crippen molar-refractivity contribution >= 4 is 28.9 Å². The summed E-state index contributed by atoms with van der Waals surface area (Å²) in [6.45, 7) is 7.12. The van der Waals surface area contributed by atoms with Gasteiger partial charge in [-0.2, -0.15) is 0 Å². The van der Waals surface area contributed by atoms with E-state index < -0.39 is 11.6 Å². The number of aryl methyl sites for hydroxylation is 2. The summed E-state index contributed by atoms with van der Waals surface area (Å²) >= 11 is 5.73. The molecule has 0 radical (unpaired) electrons. The third kappa shape index (κ3) is 4.13. The quantitative estimate of drug-likeness (QED) is 0.470. The van der Waals surface area contributed by atoms with Crippen LogP contribution in [0.3, 0.4) is 0 Å². The summed E-state index contributed by atoms with van der Waals surface area (Å²) in [5.41, 5.74) is 2.79. The summed E-state index contributed by atoms with van der Waals surface area (Å²) in [5, 5.41) is 7.11. The molecule has 33 heavy (non-hydrogen) atoms. The highest BCUT2D eigenvalue weighted by atomic mass is 32.1. The van der Waals surface area contributed by atoms with Gasteiger partial charge >= 0.3 is 0 Å². The Morgan fingerprint density at radius 3 is 2.76 bits per heavy atom. The number of thiocarbonyl (C=S) groups is 1. The van der Waals surface area contributed by atoms with Crippen molar-refractivity contribution in [1.29, 1.82) is 0 Å². The Hall–Kier alpha value is -2.84. The van der Waals surface area contributed by atoms with Gasteiger partial charge in [-0.15, -0.1) is 0 Å². The lowest BCUT2D eigenvalue weighted by Gasteiger charge is -2.56. The van der Waals surface area contributed by atoms with Crippen molar-refractivity contribution in [2.75, 3.05) is 32.7 Å². The molecule has 2 aliphatic rings. The van der Waals surface area contributed by atoms with Gasteiger partial charge in [-0.1, -0.05) is 29.8 Å². The van der Waals surface area contributed by atoms with Crippen LogP contribution in [0.4, 0.5) is 5.69 Å². The smallest absolute Gasteiger partial charge is 0.236 e. The summed E-state index contributed by atoms with van der Waals surface area (Å²) in [7, 11) is 3.29. The van der Waals surface area contributed by atoms with E-state index in [9.17, 15) is 4.79 Å². The molecule has 1 fully saturated rings. The Balaban J connectivity index is 1.76. The number of anilines is 1. The first-order valence-corrected chi connectivity index (χ1v) is 11.5. The number of amides is 1. The molecule has 2 bridgehead atoms. The van der Waals surface area contributed by atoms with Crippen molar-refractivity contribution < 1.29 is 19.0 Å². The SMILES string of the molecule is COCCCN1C(=S)N[C@@H]2c3cccc(OC)c3O[C@]1(C)[C@@H]2C(=O)Nc1ccc(C)cc1C. The molecule has 0 unspecified atom stereocenters. The van der Waals surface area contributed by atoms with Crippen LogP contribution < -0.4 is 20.1 Å². The largest absolute Gasteiger partial charge is 0.493 e. The molecule has 0 aromatic heterocycles. The van der Waals surface area contributed by atoms with Crippen LogP contribution in [-0.2, 0) is 9.53 Å². The van der Waals surface area contributed by atoms with Gasteiger partial charge in [0, 0.05) is 31.5 Å². The van der Waals surface area contributed by atoms with Crippen molar-refractivity contribution in [2.45, 2.75) is 39.0 Å². The summed E-state index contributed by atoms with van der Waals surface area (Å²) in [5.74, 6) is 0.569. The minimum absolute atomic E-state index is 0.130. The summed E-state index contributed by atoms with van der Waals surface area (Å²) < 4.78 is 17.4. The van der Waals surface area contributed by atoms with E-state index in [1.54, 1.807) is 14.2 Å². The second-order valence-electron chi connectivity index (χ2n) is 8.75. The highest BCUT2D eigenvalue weighted by Crippen LogP contribution is 2.51. The number of para-hydroxylation sites is 1. The summed E-state index contributed by atoms with van der Waals surface area (Å²) in [6.07, 6.45) is 0.742. The summed E-state index contributed by atoms with van der Waals surface area (Å²) in [6, 6.07) is 11.4. The Kier molecular flexibility index (Phi) is 6.50. The minimum Gasteiger partial charge on any atom is -0.493 e. The molecule has 2 aliphatic heterocycles. The van der Waals surface area contributed by atoms with Crippen molar-refractivity contribution in [3.63, 3.8) is 0 Å². The molecule has 2 heterocycles. The van der Waals surface area contributed by atoms with E-state index in [4.69, 9.17) is 26.4 Å². The Morgan fingerprint density at radius 2 is 2.06 bits per heavy atom. The van der Waals surface area contributed by atoms with Crippen LogP contribution >= 0.6 is 12.2 Å². The number of carbonyl (C=O) groups excluding carboxylic acids is 1. The second-order valence-corrected chi connectivity index (χ2v) is 9.13. The molecule has 0 aliphatic carbocycles. The minimum atomic E-state index is -1.01. The Labute approximate surface area is 200 Å². The zero-order valence-electron chi connectivity index (χ0n) is 19.7. The zero-order chi connectivity index (χ0) is 23.8. The number of fused-ring (bicyclic) bond motifs is 4. The first-order valence-electron chi connectivity index (χ1n) is 11.1. The normalized spacial score (nSPS) is 23.3. The molecule has 2 aromatic carbocycles. The maximum atomic E-state index is 13.8. The topological polar surface area (TPSA) is 72.1 Å². The number of ether oxygens (including phenoxy) is 3. The Morgan fingerprint density at radius 1 is 1.27 bits per heavy atom. The fraction of sp³-hybridized carbons (Fsp3) is 0.440. The first-order chi connectivity index (χ1) is 15.8. The molecule has 3 atom stereocenters. The molecular weight excluding hydrogens is 438 g/mol. The zero-order valence-corrected chi connectivity index (χ0v) is 20.5. The number of benzene rings is 2. The van der Waals surface area contributed by atoms with Gasteiger partial charge in [0.25, 0.3) is 0 Å². The van der Waals surface area contributed by atoms with E-state index in [2.05, 4.69) is 16.7 Å². The fourth-order valence-corrected chi connectivity index (χ4v) is 5.25. The van der Waals surface area contributed by atoms with Crippen LogP contribution in [0.2, 0.25) is 0 Å². The number of carbonyl (C=O) groups is 1. The van der Waals surface area contributed by atoms with Gasteiger partial charge in [0.2, 0.25) is 5.91 Å². The van der Waals surface area contributed by atoms with Crippen LogP contribution in [0.25, 0.3) is 0 Å². The van der Waals surface area contributed by atoms with Crippen molar-refractivity contribution in [3.05, 3.63) is 53.1 Å². The lowest BCUT2D eigenvalue weighted by Crippen LogP contribution is -2.71. The van der Waals surface area contributed by atoms with Crippen LogP contribution in [0.15, 0.2) is 36.4 Å². The average molecular weight is 470 g/mol. The molecule has 176 valence electrons. The number of hydrogen-bond donors (Lipinski definition) is 2. The molecular formula is C25H31N3O4S. The highest BCUT2D eigenvalue weighted by molar-refractivity contribution is 7.80. The lowest BCUT2D eigenvalue weighted by atomic mass is 9.78. The molecule has 1 saturated heterocycles. The van der Waals surface area contributed by atoms with Crippen molar-refractivity contribution in [2.24, 2.45) is 5.92 Å². The van der Waals surface area contributed by atoms with Gasteiger partial charge in [0.15, 0.2) is 22.3 Å². The second kappa shape index (κ2) is 9.19. The molecule has 4 rings (SSSR count). The van der Waals surface area contributed by atoms with Gasteiger partial charge in [-0.05, 0) is 57.1 Å². The summed E-state index contributed by atoms with van der Waals surface area (Å²) in [4.78, 5) is 15.8. The number of hydrogen-bond acceptors (Lipinski definition) is 5. The van der Waals surface area contributed by atoms with Crippen LogP contribution in [0, 0.1) is 19.8 Å². The third-order valence-electron chi connectivity index (χ3n) is 6.50. The molecule has 0 saturated carbocycles. The van der Waals surface area contributed by atoms with E-state index in [-0.39, 0.29) is 11.9 Å². The molecule has 2 N–H and O–H groups in total. The van der Waals surface area contributed by atoms with Crippen LogP contribution in [0.5, 0.6) is 11.5 Å². The molecule has 8 heteroatoms. The molecule has 7 nitrogen and oxygen atoms in total. The van der Waals surface area contributed by atoms with Gasteiger partial charge in [-0.3, -0.25) is 4.79 Å². The van der Waals surface area contributed by atoms with E-state index in [1.165, 1.54) is 0 Å². The van der Waals surface area contributed by atoms with Crippen LogP contribution in [0.1, 0.15) is 36.1 Å². The number of nitrogens with zero attached hydrogens (tertiary/aromatic N) is 1. The maximum absolute atomic E-state index is 13.8. The highest BCUT2D eigenvalue weighted by Gasteiger charge is 2.59. The maximum Gasteiger partial charge on any atom is 0.236 e. The standard InChI is InChI=1S/C25H31N3O4S/c1-15-10-11-18(16(2)14-15)26-23(29)20-21-17-8-6-9-19(31-5)22(17)32-25(20,3)28(24(33)27-21)12-7-13-30-4/h6,8-11,14,20-21H,7,12-13H2,1-5H3,(H,26,29)(H,27,33)/t20-,21+,25+/m0/s1. The molecule has 0 spiro atoms. The van der Waals surface area contributed by atoms with Gasteiger partial charge < -0.3 is 29.7 Å². The van der Waals surface area contributed by atoms with Gasteiger partial charge in [-0.25, -0.2) is 0 Å². The van der Waals surface area contributed by atoms with Gasteiger partial charge in [0.1, 0.15) is 5.92 Å². The third-order valence-corrected chi connectivity index (χ3v) is 6.83. The number of rotatable bonds is 7. The van der Waals surface area contributed by atoms with Crippen molar-refractivity contribution in [3.8, 4) is 11.5 Å². The first kappa shape index (κ1) is 23.3. The predicted molar refractivity (Wildman–Crippen MR) is 132 cm³/mol. The lowest BCUT2D eigenvalue weighted by molar-refractivity contribution is -0.150. The number of nitrogens with one attached hydrogen (secondary N) is 2. The molecule has 1 amide bonds. The van der Waals surface area contributed by atoms with Gasteiger partial charge in [0.05, 0.1) is 13.2 Å². The van der Waals surface area contributed by atoms with Crippen LogP contribution in [-0.4, -0.2) is 49.0 Å². The van der Waals surface area contributed by atoms with E-state index >= 15 is 0 Å². The van der Waals surface area contributed by atoms with E-state index in [0.29, 0.717) is 29.8 Å². The monoisotopic (exact) mass is 469 g/mol. The average Bonchev–Trinajstić information content (AvgIpc) is 2.77.